The molecule has 1 aliphatic heterocycles. The first-order valence-corrected chi connectivity index (χ1v) is 9.42. The van der Waals surface area contributed by atoms with Gasteiger partial charge < -0.3 is 15.0 Å². The van der Waals surface area contributed by atoms with E-state index in [9.17, 15) is 14.4 Å². The first-order chi connectivity index (χ1) is 12.5. The lowest BCUT2D eigenvalue weighted by atomic mass is 10.1. The molecule has 1 aromatic rings. The van der Waals surface area contributed by atoms with E-state index in [1.54, 1.807) is 23.1 Å². The average Bonchev–Trinajstić information content (AvgIpc) is 2.89. The van der Waals surface area contributed by atoms with E-state index in [2.05, 4.69) is 5.32 Å². The molecular formula is C20H26N2O4. The fraction of sp³-hybridized carbons (Fsp3) is 0.550. The second-order valence-electron chi connectivity index (χ2n) is 7.08. The Balaban J connectivity index is 1.64. The minimum atomic E-state index is -0.194. The number of hydrogen-bond acceptors (Lipinski definition) is 4. The van der Waals surface area contributed by atoms with Crippen LogP contribution in [0.3, 0.4) is 0 Å². The number of rotatable bonds is 5. The number of nitrogens with zero attached hydrogens (tertiary/aromatic N) is 1. The summed E-state index contributed by atoms with van der Waals surface area (Å²) in [5, 5.41) is 3.10. The molecule has 0 aromatic heterocycles. The van der Waals surface area contributed by atoms with Crippen LogP contribution in [-0.2, 0) is 9.59 Å². The monoisotopic (exact) mass is 358 g/mol. The molecule has 26 heavy (non-hydrogen) atoms. The minimum absolute atomic E-state index is 0.0273. The Kier molecular flexibility index (Phi) is 5.91. The Hall–Kier alpha value is -2.37. The highest BCUT2D eigenvalue weighted by molar-refractivity contribution is 6.01. The lowest BCUT2D eigenvalue weighted by Crippen LogP contribution is -2.42. The molecule has 1 heterocycles. The third kappa shape index (κ3) is 4.42. The number of ketones is 1. The number of nitrogens with one attached hydrogen (secondary N) is 1. The van der Waals surface area contributed by atoms with Crippen molar-refractivity contribution in [1.29, 1.82) is 0 Å². The standard InChI is InChI=1S/C20H26N2O4/c1-14(23)15-8-9-18-17(12-15)22(20(25)13-26-18)11-10-19(24)21-16-6-4-2-3-5-7-16/h8-9,12,16H,2-7,10-11,13H2,1H3,(H,21,24). The van der Waals surface area contributed by atoms with E-state index in [0.717, 1.165) is 25.7 Å². The number of Topliss-reactive ketones (excluding diaryl/α,β-unsaturated/α-hetero) is 1. The molecule has 1 N–H and O–H groups in total. The topological polar surface area (TPSA) is 75.7 Å². The van der Waals surface area contributed by atoms with Gasteiger partial charge in [0, 0.05) is 24.6 Å². The Bertz CT molecular complexity index is 693. The van der Waals surface area contributed by atoms with Gasteiger partial charge in [0.05, 0.1) is 5.69 Å². The van der Waals surface area contributed by atoms with Crippen LogP contribution < -0.4 is 15.0 Å². The number of hydrogen-bond donors (Lipinski definition) is 1. The molecule has 0 unspecified atom stereocenters. The molecule has 6 heteroatoms. The van der Waals surface area contributed by atoms with Crippen molar-refractivity contribution < 1.29 is 19.1 Å². The highest BCUT2D eigenvalue weighted by atomic mass is 16.5. The maximum atomic E-state index is 12.3. The number of fused-ring (bicyclic) bond motifs is 1. The number of ether oxygens (including phenoxy) is 1. The lowest BCUT2D eigenvalue weighted by molar-refractivity contribution is -0.122. The summed E-state index contributed by atoms with van der Waals surface area (Å²) in [6.07, 6.45) is 7.11. The van der Waals surface area contributed by atoms with Crippen molar-refractivity contribution in [3.63, 3.8) is 0 Å². The molecule has 1 aromatic carbocycles. The normalized spacial score (nSPS) is 17.9. The third-order valence-electron chi connectivity index (χ3n) is 5.09. The zero-order valence-corrected chi connectivity index (χ0v) is 15.3. The van der Waals surface area contributed by atoms with Crippen molar-refractivity contribution in [3.05, 3.63) is 23.8 Å². The lowest BCUT2D eigenvalue weighted by Gasteiger charge is -2.29. The highest BCUT2D eigenvalue weighted by Gasteiger charge is 2.27. The zero-order valence-electron chi connectivity index (χ0n) is 15.3. The van der Waals surface area contributed by atoms with Gasteiger partial charge in [0.1, 0.15) is 5.75 Å². The second-order valence-corrected chi connectivity index (χ2v) is 7.08. The Morgan fingerprint density at radius 2 is 1.92 bits per heavy atom. The van der Waals surface area contributed by atoms with Gasteiger partial charge in [0.2, 0.25) is 5.91 Å². The van der Waals surface area contributed by atoms with Crippen LogP contribution in [-0.4, -0.2) is 36.8 Å². The van der Waals surface area contributed by atoms with Gasteiger partial charge in [-0.3, -0.25) is 14.4 Å². The smallest absolute Gasteiger partial charge is 0.265 e. The van der Waals surface area contributed by atoms with Gasteiger partial charge in [0.25, 0.3) is 5.91 Å². The molecule has 0 atom stereocenters. The van der Waals surface area contributed by atoms with Crippen molar-refractivity contribution >= 4 is 23.3 Å². The van der Waals surface area contributed by atoms with Crippen molar-refractivity contribution in [2.45, 2.75) is 57.9 Å². The Morgan fingerprint density at radius 3 is 2.62 bits per heavy atom. The maximum absolute atomic E-state index is 12.3. The number of benzene rings is 1. The molecule has 0 saturated heterocycles. The summed E-state index contributed by atoms with van der Waals surface area (Å²) in [6.45, 7) is 1.73. The summed E-state index contributed by atoms with van der Waals surface area (Å²) in [6, 6.07) is 5.31. The summed E-state index contributed by atoms with van der Waals surface area (Å²) >= 11 is 0. The quantitative estimate of drug-likeness (QED) is 0.649. The van der Waals surface area contributed by atoms with Crippen LogP contribution in [0.1, 0.15) is 62.2 Å². The number of carbonyl (C=O) groups excluding carboxylic acids is 3. The summed E-state index contributed by atoms with van der Waals surface area (Å²) < 4.78 is 5.44. The first-order valence-electron chi connectivity index (χ1n) is 9.42. The van der Waals surface area contributed by atoms with E-state index < -0.39 is 0 Å². The first kappa shape index (κ1) is 18.4. The summed E-state index contributed by atoms with van der Waals surface area (Å²) in [5.41, 5.74) is 1.09. The molecule has 0 radical (unpaired) electrons. The van der Waals surface area contributed by atoms with Gasteiger partial charge in [-0.15, -0.1) is 0 Å². The predicted molar refractivity (Wildman–Crippen MR) is 98.5 cm³/mol. The Morgan fingerprint density at radius 1 is 1.19 bits per heavy atom. The van der Waals surface area contributed by atoms with E-state index >= 15 is 0 Å². The summed E-state index contributed by atoms with van der Waals surface area (Å²) in [5.74, 6) is 0.275. The zero-order chi connectivity index (χ0) is 18.5. The molecule has 1 fully saturated rings. The third-order valence-corrected chi connectivity index (χ3v) is 5.09. The number of amides is 2. The fourth-order valence-corrected chi connectivity index (χ4v) is 3.60. The highest BCUT2D eigenvalue weighted by Crippen LogP contribution is 2.33. The molecule has 1 saturated carbocycles. The number of carbonyl (C=O) groups is 3. The molecule has 1 aliphatic carbocycles. The molecule has 0 bridgehead atoms. The van der Waals surface area contributed by atoms with Crippen molar-refractivity contribution in [1.82, 2.24) is 5.32 Å². The van der Waals surface area contributed by atoms with Crippen LogP contribution in [0.5, 0.6) is 5.75 Å². The van der Waals surface area contributed by atoms with Gasteiger partial charge in [0.15, 0.2) is 12.4 Å². The average molecular weight is 358 g/mol. The van der Waals surface area contributed by atoms with Crippen LogP contribution in [0.4, 0.5) is 5.69 Å². The van der Waals surface area contributed by atoms with Gasteiger partial charge in [-0.05, 0) is 38.0 Å². The van der Waals surface area contributed by atoms with Gasteiger partial charge in [-0.1, -0.05) is 25.7 Å². The van der Waals surface area contributed by atoms with E-state index in [4.69, 9.17) is 4.74 Å². The maximum Gasteiger partial charge on any atom is 0.265 e. The van der Waals surface area contributed by atoms with Crippen LogP contribution in [0.15, 0.2) is 18.2 Å². The second kappa shape index (κ2) is 8.34. The van der Waals surface area contributed by atoms with Gasteiger partial charge >= 0.3 is 0 Å². The molecule has 0 spiro atoms. The minimum Gasteiger partial charge on any atom is -0.482 e. The predicted octanol–water partition coefficient (Wildman–Crippen LogP) is 2.84. The summed E-state index contributed by atoms with van der Waals surface area (Å²) in [7, 11) is 0. The van der Waals surface area contributed by atoms with Crippen molar-refractivity contribution in [2.24, 2.45) is 0 Å². The fourth-order valence-electron chi connectivity index (χ4n) is 3.60. The molecule has 6 nitrogen and oxygen atoms in total. The Labute approximate surface area is 153 Å². The molecular weight excluding hydrogens is 332 g/mol. The van der Waals surface area contributed by atoms with Crippen molar-refractivity contribution in [2.75, 3.05) is 18.1 Å². The molecule has 2 amide bonds. The van der Waals surface area contributed by atoms with Gasteiger partial charge in [-0.25, -0.2) is 0 Å². The van der Waals surface area contributed by atoms with Crippen LogP contribution in [0.25, 0.3) is 0 Å². The van der Waals surface area contributed by atoms with Crippen LogP contribution in [0, 0.1) is 0 Å². The van der Waals surface area contributed by atoms with E-state index in [-0.39, 0.29) is 43.2 Å². The molecule has 140 valence electrons. The molecule has 2 aliphatic rings. The van der Waals surface area contributed by atoms with E-state index in [0.29, 0.717) is 17.0 Å². The summed E-state index contributed by atoms with van der Waals surface area (Å²) in [4.78, 5) is 37.8. The van der Waals surface area contributed by atoms with E-state index in [1.807, 2.05) is 0 Å². The number of anilines is 1. The SMILES string of the molecule is CC(=O)c1ccc2c(c1)N(CCC(=O)NC1CCCCCC1)C(=O)CO2. The van der Waals surface area contributed by atoms with Crippen LogP contribution >= 0.6 is 0 Å². The van der Waals surface area contributed by atoms with Crippen LogP contribution in [0.2, 0.25) is 0 Å². The molecule has 3 rings (SSSR count). The largest absolute Gasteiger partial charge is 0.482 e. The van der Waals surface area contributed by atoms with Crippen molar-refractivity contribution in [3.8, 4) is 5.75 Å². The van der Waals surface area contributed by atoms with Gasteiger partial charge in [-0.2, -0.15) is 0 Å². The van der Waals surface area contributed by atoms with E-state index in [1.165, 1.54) is 19.8 Å².